The van der Waals surface area contributed by atoms with Gasteiger partial charge in [-0.2, -0.15) is 0 Å². The van der Waals surface area contributed by atoms with Gasteiger partial charge in [0.1, 0.15) is 23.6 Å². The van der Waals surface area contributed by atoms with Gasteiger partial charge < -0.3 is 14.6 Å². The van der Waals surface area contributed by atoms with Crippen LogP contribution in [-0.2, 0) is 17.8 Å². The van der Waals surface area contributed by atoms with Crippen LogP contribution in [0.5, 0.6) is 5.75 Å². The van der Waals surface area contributed by atoms with Crippen molar-refractivity contribution in [3.63, 3.8) is 0 Å². The SMILES string of the molecule is CCOc1cccc2c1nc(CCCl)n2CC(=O)NC. The molecule has 108 valence electrons. The molecule has 0 aliphatic heterocycles. The van der Waals surface area contributed by atoms with Crippen LogP contribution in [0.2, 0.25) is 0 Å². The van der Waals surface area contributed by atoms with Crippen LogP contribution in [0.1, 0.15) is 12.7 Å². The monoisotopic (exact) mass is 295 g/mol. The molecule has 0 unspecified atom stereocenters. The number of hydrogen-bond acceptors (Lipinski definition) is 3. The number of carbonyl (C=O) groups is 1. The Morgan fingerprint density at radius 1 is 1.50 bits per heavy atom. The molecule has 0 fully saturated rings. The van der Waals surface area contributed by atoms with Crippen molar-refractivity contribution in [2.75, 3.05) is 19.5 Å². The van der Waals surface area contributed by atoms with Gasteiger partial charge in [0.25, 0.3) is 0 Å². The highest BCUT2D eigenvalue weighted by atomic mass is 35.5. The molecule has 0 aliphatic carbocycles. The normalized spacial score (nSPS) is 10.8. The summed E-state index contributed by atoms with van der Waals surface area (Å²) < 4.78 is 7.48. The van der Waals surface area contributed by atoms with E-state index in [-0.39, 0.29) is 12.5 Å². The van der Waals surface area contributed by atoms with E-state index in [0.29, 0.717) is 18.9 Å². The number of para-hydroxylation sites is 1. The minimum Gasteiger partial charge on any atom is -0.492 e. The van der Waals surface area contributed by atoms with Crippen molar-refractivity contribution in [2.24, 2.45) is 0 Å². The largest absolute Gasteiger partial charge is 0.492 e. The number of amides is 1. The van der Waals surface area contributed by atoms with Gasteiger partial charge in [-0.1, -0.05) is 6.07 Å². The lowest BCUT2D eigenvalue weighted by atomic mass is 10.3. The predicted octanol–water partition coefficient (Wildman–Crippen LogP) is 1.96. The lowest BCUT2D eigenvalue weighted by Gasteiger charge is -2.07. The standard InChI is InChI=1S/C14H18ClN3O2/c1-3-20-11-6-4-5-10-14(11)17-12(7-8-15)18(10)9-13(19)16-2/h4-6H,3,7-9H2,1-2H3,(H,16,19). The molecule has 1 heterocycles. The Bertz CT molecular complexity index is 610. The van der Waals surface area contributed by atoms with Crippen molar-refractivity contribution in [2.45, 2.75) is 19.9 Å². The first-order chi connectivity index (χ1) is 9.71. The Morgan fingerprint density at radius 3 is 2.95 bits per heavy atom. The Hall–Kier alpha value is -1.75. The molecule has 2 rings (SSSR count). The van der Waals surface area contributed by atoms with Gasteiger partial charge in [-0.25, -0.2) is 4.98 Å². The van der Waals surface area contributed by atoms with E-state index in [4.69, 9.17) is 16.3 Å². The highest BCUT2D eigenvalue weighted by Gasteiger charge is 2.15. The second-order valence-corrected chi connectivity index (χ2v) is 4.66. The Labute approximate surface area is 122 Å². The second-order valence-electron chi connectivity index (χ2n) is 4.28. The summed E-state index contributed by atoms with van der Waals surface area (Å²) >= 11 is 5.82. The lowest BCUT2D eigenvalue weighted by Crippen LogP contribution is -2.24. The number of nitrogens with one attached hydrogen (secondary N) is 1. The number of alkyl halides is 1. The van der Waals surface area contributed by atoms with Crippen LogP contribution >= 0.6 is 11.6 Å². The van der Waals surface area contributed by atoms with Crippen LogP contribution in [0.3, 0.4) is 0 Å². The number of aryl methyl sites for hydroxylation is 1. The number of imidazole rings is 1. The van der Waals surface area contributed by atoms with Crippen LogP contribution in [0.25, 0.3) is 11.0 Å². The van der Waals surface area contributed by atoms with E-state index in [1.54, 1.807) is 7.05 Å². The molecular weight excluding hydrogens is 278 g/mol. The average Bonchev–Trinajstić information content (AvgIpc) is 2.79. The number of hydrogen-bond donors (Lipinski definition) is 1. The average molecular weight is 296 g/mol. The van der Waals surface area contributed by atoms with Crippen LogP contribution in [-0.4, -0.2) is 35.0 Å². The number of carbonyl (C=O) groups excluding carboxylic acids is 1. The maximum Gasteiger partial charge on any atom is 0.239 e. The number of nitrogens with zero attached hydrogens (tertiary/aromatic N) is 2. The molecule has 0 aliphatic rings. The second kappa shape index (κ2) is 6.61. The fraction of sp³-hybridized carbons (Fsp3) is 0.429. The maximum absolute atomic E-state index is 11.7. The van der Waals surface area contributed by atoms with Crippen molar-refractivity contribution in [1.82, 2.24) is 14.9 Å². The topological polar surface area (TPSA) is 56.2 Å². The van der Waals surface area contributed by atoms with Gasteiger partial charge >= 0.3 is 0 Å². The van der Waals surface area contributed by atoms with Gasteiger partial charge in [-0.15, -0.1) is 11.6 Å². The zero-order valence-corrected chi connectivity index (χ0v) is 12.4. The predicted molar refractivity (Wildman–Crippen MR) is 79.4 cm³/mol. The molecule has 1 aromatic heterocycles. The fourth-order valence-electron chi connectivity index (χ4n) is 2.12. The maximum atomic E-state index is 11.7. The Kier molecular flexibility index (Phi) is 4.84. The summed E-state index contributed by atoms with van der Waals surface area (Å²) in [6.07, 6.45) is 0.610. The highest BCUT2D eigenvalue weighted by molar-refractivity contribution is 6.17. The van der Waals surface area contributed by atoms with Crippen molar-refractivity contribution < 1.29 is 9.53 Å². The van der Waals surface area contributed by atoms with Crippen LogP contribution in [0.15, 0.2) is 18.2 Å². The molecule has 0 saturated carbocycles. The quantitative estimate of drug-likeness (QED) is 0.829. The van der Waals surface area contributed by atoms with E-state index in [1.165, 1.54) is 0 Å². The molecule has 20 heavy (non-hydrogen) atoms. The number of fused-ring (bicyclic) bond motifs is 1. The third-order valence-corrected chi connectivity index (χ3v) is 3.21. The molecule has 0 radical (unpaired) electrons. The number of ether oxygens (including phenoxy) is 1. The van der Waals surface area contributed by atoms with Crippen LogP contribution in [0, 0.1) is 0 Å². The lowest BCUT2D eigenvalue weighted by molar-refractivity contribution is -0.121. The summed E-state index contributed by atoms with van der Waals surface area (Å²) in [5.41, 5.74) is 1.66. The molecule has 0 atom stereocenters. The van der Waals surface area contributed by atoms with Crippen LogP contribution in [0.4, 0.5) is 0 Å². The number of aromatic nitrogens is 2. The molecule has 5 nitrogen and oxygen atoms in total. The zero-order chi connectivity index (χ0) is 14.5. The van der Waals surface area contributed by atoms with E-state index in [9.17, 15) is 4.79 Å². The fourth-order valence-corrected chi connectivity index (χ4v) is 2.28. The third kappa shape index (κ3) is 2.88. The first-order valence-corrected chi connectivity index (χ1v) is 7.12. The van der Waals surface area contributed by atoms with E-state index >= 15 is 0 Å². The first kappa shape index (κ1) is 14.7. The first-order valence-electron chi connectivity index (χ1n) is 6.58. The molecule has 2 aromatic rings. The van der Waals surface area contributed by atoms with Gasteiger partial charge in [0.15, 0.2) is 0 Å². The van der Waals surface area contributed by atoms with Gasteiger partial charge in [-0.3, -0.25) is 4.79 Å². The summed E-state index contributed by atoms with van der Waals surface area (Å²) in [7, 11) is 1.62. The van der Waals surface area contributed by atoms with Gasteiger partial charge in [0, 0.05) is 19.3 Å². The minimum absolute atomic E-state index is 0.0677. The highest BCUT2D eigenvalue weighted by Crippen LogP contribution is 2.26. The van der Waals surface area contributed by atoms with Crippen molar-refractivity contribution in [3.05, 3.63) is 24.0 Å². The molecule has 6 heteroatoms. The molecule has 1 N–H and O–H groups in total. The Morgan fingerprint density at radius 2 is 2.30 bits per heavy atom. The van der Waals surface area contributed by atoms with E-state index < -0.39 is 0 Å². The van der Waals surface area contributed by atoms with E-state index in [2.05, 4.69) is 10.3 Å². The van der Waals surface area contributed by atoms with Crippen molar-refractivity contribution >= 4 is 28.5 Å². The summed E-state index contributed by atoms with van der Waals surface area (Å²) in [5.74, 6) is 1.92. The summed E-state index contributed by atoms with van der Waals surface area (Å²) in [6, 6.07) is 5.72. The summed E-state index contributed by atoms with van der Waals surface area (Å²) in [4.78, 5) is 16.2. The molecule has 0 spiro atoms. The summed E-state index contributed by atoms with van der Waals surface area (Å²) in [5, 5.41) is 2.63. The number of halogens is 1. The molecule has 0 saturated heterocycles. The number of benzene rings is 1. The molecule has 0 bridgehead atoms. The number of likely N-dealkylation sites (N-methyl/N-ethyl adjacent to an activating group) is 1. The van der Waals surface area contributed by atoms with Gasteiger partial charge in [0.05, 0.1) is 12.1 Å². The van der Waals surface area contributed by atoms with E-state index in [1.807, 2.05) is 29.7 Å². The minimum atomic E-state index is -0.0677. The molecular formula is C14H18ClN3O2. The molecule has 1 aromatic carbocycles. The Balaban J connectivity index is 2.53. The number of rotatable bonds is 6. The van der Waals surface area contributed by atoms with E-state index in [0.717, 1.165) is 22.6 Å². The smallest absolute Gasteiger partial charge is 0.239 e. The van der Waals surface area contributed by atoms with Crippen molar-refractivity contribution in [1.29, 1.82) is 0 Å². The van der Waals surface area contributed by atoms with Crippen LogP contribution < -0.4 is 10.1 Å². The zero-order valence-electron chi connectivity index (χ0n) is 11.6. The van der Waals surface area contributed by atoms with Gasteiger partial charge in [-0.05, 0) is 19.1 Å². The third-order valence-electron chi connectivity index (χ3n) is 3.02. The summed E-state index contributed by atoms with van der Waals surface area (Å²) in [6.45, 7) is 2.74. The van der Waals surface area contributed by atoms with Crippen molar-refractivity contribution in [3.8, 4) is 5.75 Å². The molecule has 1 amide bonds. The van der Waals surface area contributed by atoms with Gasteiger partial charge in [0.2, 0.25) is 5.91 Å².